The van der Waals surface area contributed by atoms with E-state index >= 15 is 0 Å². The van der Waals surface area contributed by atoms with Gasteiger partial charge < -0.3 is 9.84 Å². The second kappa shape index (κ2) is 8.06. The van der Waals surface area contributed by atoms with Crippen molar-refractivity contribution >= 4 is 22.5 Å². The van der Waals surface area contributed by atoms with Crippen molar-refractivity contribution in [2.24, 2.45) is 0 Å². The van der Waals surface area contributed by atoms with Gasteiger partial charge >= 0.3 is 6.61 Å². The molecule has 164 valence electrons. The molecule has 1 aliphatic rings. The fourth-order valence-electron chi connectivity index (χ4n) is 3.95. The van der Waals surface area contributed by atoms with Crippen LogP contribution >= 0.6 is 11.6 Å². The van der Waals surface area contributed by atoms with E-state index in [2.05, 4.69) is 10.1 Å². The second-order valence-corrected chi connectivity index (χ2v) is 8.40. The normalized spacial score (nSPS) is 13.8. The van der Waals surface area contributed by atoms with Crippen molar-refractivity contribution < 1.29 is 18.6 Å². The molecule has 0 amide bonds. The lowest BCUT2D eigenvalue weighted by Gasteiger charge is -2.16. The van der Waals surface area contributed by atoms with Crippen molar-refractivity contribution in [2.75, 3.05) is 0 Å². The van der Waals surface area contributed by atoms with Crippen molar-refractivity contribution in [1.82, 2.24) is 14.8 Å². The minimum atomic E-state index is -3.03. The maximum absolute atomic E-state index is 13.1. The van der Waals surface area contributed by atoms with Gasteiger partial charge in [0.15, 0.2) is 0 Å². The van der Waals surface area contributed by atoms with Gasteiger partial charge in [0.05, 0.1) is 21.9 Å². The summed E-state index contributed by atoms with van der Waals surface area (Å²) in [5, 5.41) is 15.7. The number of aromatic hydroxyl groups is 1. The van der Waals surface area contributed by atoms with Crippen molar-refractivity contribution in [3.63, 3.8) is 0 Å². The van der Waals surface area contributed by atoms with Gasteiger partial charge in [-0.05, 0) is 61.2 Å². The molecule has 0 unspecified atom stereocenters. The van der Waals surface area contributed by atoms with Crippen LogP contribution < -0.4 is 4.74 Å². The van der Waals surface area contributed by atoms with Crippen molar-refractivity contribution in [3.8, 4) is 17.3 Å². The summed E-state index contributed by atoms with van der Waals surface area (Å²) >= 11 is 6.20. The fourth-order valence-corrected chi connectivity index (χ4v) is 4.15. The van der Waals surface area contributed by atoms with Gasteiger partial charge in [-0.25, -0.2) is 9.67 Å². The van der Waals surface area contributed by atoms with Gasteiger partial charge in [-0.1, -0.05) is 23.7 Å². The summed E-state index contributed by atoms with van der Waals surface area (Å²) in [5.74, 6) is 0.375. The van der Waals surface area contributed by atoms with E-state index in [0.717, 1.165) is 16.9 Å². The molecule has 1 aliphatic carbocycles. The second-order valence-electron chi connectivity index (χ2n) is 7.99. The zero-order valence-corrected chi connectivity index (χ0v) is 18.0. The molecule has 0 aliphatic heterocycles. The number of phenolic OH excluding ortho intramolecular Hbond substituents is 1. The van der Waals surface area contributed by atoms with Gasteiger partial charge in [-0.3, -0.25) is 0 Å². The number of hydrogen-bond donors (Lipinski definition) is 1. The van der Waals surface area contributed by atoms with E-state index in [4.69, 9.17) is 16.3 Å². The van der Waals surface area contributed by atoms with Crippen LogP contribution in [-0.2, 0) is 6.42 Å². The number of alkyl halides is 2. The summed E-state index contributed by atoms with van der Waals surface area (Å²) in [6, 6.07) is 12.7. The van der Waals surface area contributed by atoms with Crippen LogP contribution in [0.4, 0.5) is 8.78 Å². The SMILES string of the molecule is Cc1c(Cc2ccc(-n3ccc(C4CC4)n3)cc2)c(OC(F)F)nc2c(Cl)ccc(O)c12. The van der Waals surface area contributed by atoms with Crippen LogP contribution in [-0.4, -0.2) is 26.5 Å². The highest BCUT2D eigenvalue weighted by Crippen LogP contribution is 2.39. The summed E-state index contributed by atoms with van der Waals surface area (Å²) < 4.78 is 32.8. The average Bonchev–Trinajstić information content (AvgIpc) is 3.50. The van der Waals surface area contributed by atoms with Crippen LogP contribution in [0.25, 0.3) is 16.6 Å². The van der Waals surface area contributed by atoms with E-state index in [1.807, 2.05) is 41.2 Å². The minimum Gasteiger partial charge on any atom is -0.507 e. The molecule has 5 rings (SSSR count). The number of ether oxygens (including phenoxy) is 1. The summed E-state index contributed by atoms with van der Waals surface area (Å²) in [7, 11) is 0. The van der Waals surface area contributed by atoms with Crippen LogP contribution in [0.3, 0.4) is 0 Å². The zero-order chi connectivity index (χ0) is 22.4. The monoisotopic (exact) mass is 455 g/mol. The number of rotatable bonds is 6. The van der Waals surface area contributed by atoms with Gasteiger partial charge in [-0.2, -0.15) is 13.9 Å². The molecule has 1 fully saturated rings. The van der Waals surface area contributed by atoms with Gasteiger partial charge in [-0.15, -0.1) is 0 Å². The number of halogens is 3. The first-order chi connectivity index (χ1) is 15.4. The standard InChI is InChI=1S/C24H20ClF2N3O2/c1-13-17(23(32-24(26)27)28-22-18(25)8-9-20(31)21(13)22)12-14-2-6-16(7-3-14)30-11-10-19(29-30)15-4-5-15/h2-3,6-11,15,24,31H,4-5,12H2,1H3. The summed E-state index contributed by atoms with van der Waals surface area (Å²) in [6.45, 7) is -1.29. The number of phenols is 1. The first-order valence-corrected chi connectivity index (χ1v) is 10.7. The van der Waals surface area contributed by atoms with Crippen LogP contribution in [0, 0.1) is 6.92 Å². The number of fused-ring (bicyclic) bond motifs is 1. The van der Waals surface area contributed by atoms with E-state index in [0.29, 0.717) is 28.9 Å². The molecule has 0 atom stereocenters. The van der Waals surface area contributed by atoms with Crippen LogP contribution in [0.5, 0.6) is 11.6 Å². The van der Waals surface area contributed by atoms with Gasteiger partial charge in [0.25, 0.3) is 0 Å². The van der Waals surface area contributed by atoms with E-state index in [1.54, 1.807) is 6.92 Å². The third-order valence-electron chi connectivity index (χ3n) is 5.79. The molecular weight excluding hydrogens is 436 g/mol. The van der Waals surface area contributed by atoms with Gasteiger partial charge in [0, 0.05) is 29.5 Å². The molecular formula is C24H20ClF2N3O2. The largest absolute Gasteiger partial charge is 0.507 e. The number of hydrogen-bond acceptors (Lipinski definition) is 4. The number of aryl methyl sites for hydroxylation is 1. The Kier molecular flexibility index (Phi) is 5.21. The molecule has 1 N–H and O–H groups in total. The highest BCUT2D eigenvalue weighted by Gasteiger charge is 2.26. The minimum absolute atomic E-state index is 0.0141. The topological polar surface area (TPSA) is 60.2 Å². The predicted molar refractivity (Wildman–Crippen MR) is 118 cm³/mol. The summed E-state index contributed by atoms with van der Waals surface area (Å²) in [6.07, 6.45) is 4.63. The van der Waals surface area contributed by atoms with Crippen molar-refractivity contribution in [3.05, 3.63) is 76.1 Å². The van der Waals surface area contributed by atoms with Crippen molar-refractivity contribution in [1.29, 1.82) is 0 Å². The Morgan fingerprint density at radius 3 is 2.59 bits per heavy atom. The Morgan fingerprint density at radius 2 is 1.91 bits per heavy atom. The summed E-state index contributed by atoms with van der Waals surface area (Å²) in [4.78, 5) is 4.21. The lowest BCUT2D eigenvalue weighted by molar-refractivity contribution is -0.0532. The maximum Gasteiger partial charge on any atom is 0.388 e. The highest BCUT2D eigenvalue weighted by molar-refractivity contribution is 6.35. The average molecular weight is 456 g/mol. The van der Waals surface area contributed by atoms with Crippen LogP contribution in [0.2, 0.25) is 5.02 Å². The molecule has 1 saturated carbocycles. The Hall–Kier alpha value is -3.19. The first kappa shape index (κ1) is 20.7. The van der Waals surface area contributed by atoms with E-state index in [9.17, 15) is 13.9 Å². The lowest BCUT2D eigenvalue weighted by Crippen LogP contribution is -2.09. The molecule has 2 aromatic heterocycles. The molecule has 8 heteroatoms. The fraction of sp³-hybridized carbons (Fsp3) is 0.250. The Morgan fingerprint density at radius 1 is 1.16 bits per heavy atom. The molecule has 32 heavy (non-hydrogen) atoms. The third kappa shape index (κ3) is 3.88. The first-order valence-electron chi connectivity index (χ1n) is 10.3. The highest BCUT2D eigenvalue weighted by atomic mass is 35.5. The Bertz CT molecular complexity index is 1300. The lowest BCUT2D eigenvalue weighted by atomic mass is 9.97. The maximum atomic E-state index is 13.1. The molecule has 0 bridgehead atoms. The molecule has 0 saturated heterocycles. The van der Waals surface area contributed by atoms with Crippen LogP contribution in [0.15, 0.2) is 48.7 Å². The molecule has 0 spiro atoms. The smallest absolute Gasteiger partial charge is 0.388 e. The summed E-state index contributed by atoms with van der Waals surface area (Å²) in [5.41, 5.74) is 4.20. The predicted octanol–water partition coefficient (Wildman–Crippen LogP) is 6.16. The van der Waals surface area contributed by atoms with E-state index < -0.39 is 6.61 Å². The number of benzene rings is 2. The zero-order valence-electron chi connectivity index (χ0n) is 17.2. The van der Waals surface area contributed by atoms with Gasteiger partial charge in [0.1, 0.15) is 5.75 Å². The van der Waals surface area contributed by atoms with Crippen molar-refractivity contribution in [2.45, 2.75) is 38.7 Å². The third-order valence-corrected chi connectivity index (χ3v) is 6.10. The number of pyridine rings is 1. The molecule has 5 nitrogen and oxygen atoms in total. The Labute approximate surface area is 188 Å². The van der Waals surface area contributed by atoms with E-state index in [-0.39, 0.29) is 22.2 Å². The molecule has 2 aromatic carbocycles. The van der Waals surface area contributed by atoms with Crippen LogP contribution in [0.1, 0.15) is 41.1 Å². The molecule has 2 heterocycles. The number of nitrogens with zero attached hydrogens (tertiary/aromatic N) is 3. The quantitative estimate of drug-likeness (QED) is 0.378. The Balaban J connectivity index is 1.50. The van der Waals surface area contributed by atoms with Gasteiger partial charge in [0.2, 0.25) is 5.88 Å². The van der Waals surface area contributed by atoms with E-state index in [1.165, 1.54) is 25.0 Å². The molecule has 0 radical (unpaired) electrons. The molecule has 4 aromatic rings. The number of aromatic nitrogens is 3.